The Balaban J connectivity index is 0. The summed E-state index contributed by atoms with van der Waals surface area (Å²) in [5.41, 5.74) is 5.34. The van der Waals surface area contributed by atoms with Gasteiger partial charge in [0.25, 0.3) is 0 Å². The molecule has 0 aromatic rings. The molecule has 13 heavy (non-hydrogen) atoms. The highest BCUT2D eigenvalue weighted by Gasteiger charge is 2.20. The molecule has 7 heteroatoms. The van der Waals surface area contributed by atoms with Gasteiger partial charge in [-0.25, -0.2) is 8.42 Å². The average molecular weight is 251 g/mol. The second kappa shape index (κ2) is 6.84. The molecule has 1 aliphatic heterocycles. The highest BCUT2D eigenvalue weighted by Crippen LogP contribution is 2.01. The van der Waals surface area contributed by atoms with Crippen LogP contribution in [0.4, 0.5) is 0 Å². The number of rotatable bonds is 2. The van der Waals surface area contributed by atoms with E-state index in [1.807, 2.05) is 0 Å². The van der Waals surface area contributed by atoms with Gasteiger partial charge >= 0.3 is 0 Å². The Hall–Kier alpha value is 0.450. The van der Waals surface area contributed by atoms with Crippen molar-refractivity contribution in [1.82, 2.24) is 4.90 Å². The first kappa shape index (κ1) is 15.9. The molecule has 1 fully saturated rings. The predicted molar refractivity (Wildman–Crippen MR) is 58.6 cm³/mol. The van der Waals surface area contributed by atoms with Crippen molar-refractivity contribution in [1.29, 1.82) is 0 Å². The summed E-state index contributed by atoms with van der Waals surface area (Å²) in [6.07, 6.45) is 0. The second-order valence-electron chi connectivity index (χ2n) is 2.78. The van der Waals surface area contributed by atoms with Crippen molar-refractivity contribution in [3.05, 3.63) is 0 Å². The maximum absolute atomic E-state index is 10.9. The first-order valence-corrected chi connectivity index (χ1v) is 5.59. The maximum atomic E-state index is 10.9. The fourth-order valence-electron chi connectivity index (χ4n) is 1.16. The van der Waals surface area contributed by atoms with Crippen LogP contribution in [-0.2, 0) is 9.84 Å². The molecule has 1 aliphatic rings. The van der Waals surface area contributed by atoms with Crippen LogP contribution in [0.1, 0.15) is 0 Å². The summed E-state index contributed by atoms with van der Waals surface area (Å²) < 4.78 is 21.9. The van der Waals surface area contributed by atoms with E-state index in [9.17, 15) is 8.42 Å². The lowest BCUT2D eigenvalue weighted by Crippen LogP contribution is -2.42. The molecule has 0 amide bonds. The standard InChI is InChI=1S/C6H14N2O2S.2ClH/c7-1-2-8-3-5-11(9,10)6-4-8;;/h1-7H2;2*1H. The van der Waals surface area contributed by atoms with Crippen LogP contribution < -0.4 is 5.73 Å². The van der Waals surface area contributed by atoms with Crippen LogP contribution in [0.25, 0.3) is 0 Å². The minimum absolute atomic E-state index is 0. The average Bonchev–Trinajstić information content (AvgIpc) is 1.94. The number of halogens is 2. The summed E-state index contributed by atoms with van der Waals surface area (Å²) in [5, 5.41) is 0. The summed E-state index contributed by atoms with van der Waals surface area (Å²) in [5.74, 6) is 0.597. The van der Waals surface area contributed by atoms with E-state index in [4.69, 9.17) is 5.73 Å². The van der Waals surface area contributed by atoms with Gasteiger partial charge < -0.3 is 10.6 Å². The van der Waals surface area contributed by atoms with E-state index in [-0.39, 0.29) is 24.8 Å². The van der Waals surface area contributed by atoms with E-state index in [1.165, 1.54) is 0 Å². The number of sulfone groups is 1. The summed E-state index contributed by atoms with van der Waals surface area (Å²) in [6.45, 7) is 2.73. The highest BCUT2D eigenvalue weighted by atomic mass is 35.5. The van der Waals surface area contributed by atoms with Gasteiger partial charge in [0.05, 0.1) is 11.5 Å². The highest BCUT2D eigenvalue weighted by molar-refractivity contribution is 7.91. The molecular formula is C6H16Cl2N2O2S. The number of hydrogen-bond acceptors (Lipinski definition) is 4. The van der Waals surface area contributed by atoms with Crippen molar-refractivity contribution in [2.24, 2.45) is 5.73 Å². The van der Waals surface area contributed by atoms with Gasteiger partial charge in [-0.3, -0.25) is 0 Å². The van der Waals surface area contributed by atoms with Crippen LogP contribution in [0.3, 0.4) is 0 Å². The molecule has 1 rings (SSSR count). The molecule has 82 valence electrons. The molecule has 4 nitrogen and oxygen atoms in total. The lowest BCUT2D eigenvalue weighted by Gasteiger charge is -2.25. The minimum Gasteiger partial charge on any atom is -0.329 e. The molecule has 0 aromatic heterocycles. The quantitative estimate of drug-likeness (QED) is 0.720. The zero-order chi connectivity index (χ0) is 8.32. The van der Waals surface area contributed by atoms with E-state index in [0.717, 1.165) is 6.54 Å². The van der Waals surface area contributed by atoms with Gasteiger partial charge in [-0.15, -0.1) is 24.8 Å². The Labute approximate surface area is 91.6 Å². The Morgan fingerprint density at radius 1 is 1.15 bits per heavy atom. The van der Waals surface area contributed by atoms with Crippen LogP contribution >= 0.6 is 24.8 Å². The molecule has 0 aliphatic carbocycles. The summed E-state index contributed by atoms with van der Waals surface area (Å²) in [6, 6.07) is 0. The second-order valence-corrected chi connectivity index (χ2v) is 5.09. The van der Waals surface area contributed by atoms with Crippen molar-refractivity contribution >= 4 is 34.7 Å². The van der Waals surface area contributed by atoms with Gasteiger partial charge in [-0.05, 0) is 0 Å². The molecule has 1 saturated heterocycles. The van der Waals surface area contributed by atoms with Gasteiger partial charge in [-0.1, -0.05) is 0 Å². The van der Waals surface area contributed by atoms with Crippen LogP contribution in [0.15, 0.2) is 0 Å². The van der Waals surface area contributed by atoms with E-state index in [2.05, 4.69) is 4.90 Å². The zero-order valence-corrected chi connectivity index (χ0v) is 9.76. The Morgan fingerprint density at radius 3 is 2.00 bits per heavy atom. The fourth-order valence-corrected chi connectivity index (χ4v) is 2.43. The monoisotopic (exact) mass is 250 g/mol. The molecule has 0 atom stereocenters. The molecule has 0 saturated carbocycles. The number of nitrogens with zero attached hydrogens (tertiary/aromatic N) is 1. The molecule has 0 bridgehead atoms. The molecule has 0 aromatic carbocycles. The molecule has 0 radical (unpaired) electrons. The van der Waals surface area contributed by atoms with E-state index < -0.39 is 9.84 Å². The first-order valence-electron chi connectivity index (χ1n) is 3.77. The van der Waals surface area contributed by atoms with Crippen molar-refractivity contribution in [2.45, 2.75) is 0 Å². The van der Waals surface area contributed by atoms with Gasteiger partial charge in [0.15, 0.2) is 9.84 Å². The van der Waals surface area contributed by atoms with Crippen molar-refractivity contribution in [3.63, 3.8) is 0 Å². The van der Waals surface area contributed by atoms with Crippen molar-refractivity contribution in [3.8, 4) is 0 Å². The zero-order valence-electron chi connectivity index (χ0n) is 7.31. The van der Waals surface area contributed by atoms with E-state index in [0.29, 0.717) is 31.1 Å². The first-order chi connectivity index (χ1) is 5.14. The van der Waals surface area contributed by atoms with E-state index in [1.54, 1.807) is 0 Å². The minimum atomic E-state index is -2.72. The van der Waals surface area contributed by atoms with Crippen LogP contribution in [0, 0.1) is 0 Å². The third-order valence-corrected chi connectivity index (χ3v) is 3.49. The smallest absolute Gasteiger partial charge is 0.152 e. The lowest BCUT2D eigenvalue weighted by molar-refractivity contribution is 0.304. The van der Waals surface area contributed by atoms with Crippen LogP contribution in [-0.4, -0.2) is 51.0 Å². The van der Waals surface area contributed by atoms with Gasteiger partial charge in [-0.2, -0.15) is 0 Å². The van der Waals surface area contributed by atoms with Crippen molar-refractivity contribution in [2.75, 3.05) is 37.7 Å². The Bertz CT molecular complexity index is 207. The van der Waals surface area contributed by atoms with Gasteiger partial charge in [0.2, 0.25) is 0 Å². The van der Waals surface area contributed by atoms with Gasteiger partial charge in [0.1, 0.15) is 0 Å². The van der Waals surface area contributed by atoms with E-state index >= 15 is 0 Å². The van der Waals surface area contributed by atoms with Crippen LogP contribution in [0.5, 0.6) is 0 Å². The normalized spacial score (nSPS) is 21.3. The molecular weight excluding hydrogens is 235 g/mol. The maximum Gasteiger partial charge on any atom is 0.152 e. The predicted octanol–water partition coefficient (Wildman–Crippen LogP) is -0.481. The molecule has 2 N–H and O–H groups in total. The third-order valence-electron chi connectivity index (χ3n) is 1.88. The Morgan fingerprint density at radius 2 is 1.62 bits per heavy atom. The third kappa shape index (κ3) is 5.70. The lowest BCUT2D eigenvalue weighted by atomic mass is 10.5. The topological polar surface area (TPSA) is 63.4 Å². The number of hydrogen-bond donors (Lipinski definition) is 1. The number of nitrogens with two attached hydrogens (primary N) is 1. The largest absolute Gasteiger partial charge is 0.329 e. The Kier molecular flexibility index (Phi) is 8.36. The molecule has 0 unspecified atom stereocenters. The van der Waals surface area contributed by atoms with Crippen LogP contribution in [0.2, 0.25) is 0 Å². The SMILES string of the molecule is Cl.Cl.NCCN1CCS(=O)(=O)CC1. The van der Waals surface area contributed by atoms with Crippen molar-refractivity contribution < 1.29 is 8.42 Å². The van der Waals surface area contributed by atoms with Gasteiger partial charge in [0, 0.05) is 26.2 Å². The summed E-state index contributed by atoms with van der Waals surface area (Å²) in [7, 11) is -2.72. The summed E-state index contributed by atoms with van der Waals surface area (Å²) >= 11 is 0. The molecule has 0 spiro atoms. The summed E-state index contributed by atoms with van der Waals surface area (Å²) in [4.78, 5) is 2.08. The fraction of sp³-hybridized carbons (Fsp3) is 1.00. The molecule has 1 heterocycles.